The van der Waals surface area contributed by atoms with Gasteiger partial charge in [-0.2, -0.15) is 0 Å². The number of amides is 1. The molecule has 0 aliphatic heterocycles. The predicted octanol–water partition coefficient (Wildman–Crippen LogP) is 7.09. The third-order valence-corrected chi connectivity index (χ3v) is 11.3. The molecule has 0 radical (unpaired) electrons. The minimum Gasteiger partial charge on any atom is -0.463 e. The number of fused-ring (bicyclic) bond motifs is 4. The van der Waals surface area contributed by atoms with Gasteiger partial charge in [0.2, 0.25) is 10.0 Å². The Balaban J connectivity index is 1.63. The molecule has 0 spiro atoms. The van der Waals surface area contributed by atoms with E-state index in [4.69, 9.17) is 16.0 Å². The van der Waals surface area contributed by atoms with Crippen LogP contribution in [0.25, 0.3) is 38.3 Å². The van der Waals surface area contributed by atoms with Gasteiger partial charge in [0.15, 0.2) is 5.78 Å². The average molecular weight is 650 g/mol. The molecular formula is C32H29ClFN3O5SSi. The Morgan fingerprint density at radius 2 is 1.95 bits per heavy atom. The van der Waals surface area contributed by atoms with Gasteiger partial charge in [0, 0.05) is 36.6 Å². The van der Waals surface area contributed by atoms with E-state index in [-0.39, 0.29) is 63.0 Å². The molecule has 226 valence electrons. The molecule has 12 heteroatoms. The highest BCUT2D eigenvalue weighted by molar-refractivity contribution is 7.90. The number of hydrogen-bond acceptors (Lipinski definition) is 6. The van der Waals surface area contributed by atoms with E-state index < -0.39 is 29.8 Å². The fourth-order valence-electron chi connectivity index (χ4n) is 5.43. The first-order valence-electron chi connectivity index (χ1n) is 14.0. The van der Waals surface area contributed by atoms with Crippen molar-refractivity contribution in [2.24, 2.45) is 0 Å². The molecule has 1 aliphatic carbocycles. The van der Waals surface area contributed by atoms with Crippen molar-refractivity contribution in [1.82, 2.24) is 14.3 Å². The minimum absolute atomic E-state index is 0.0756. The van der Waals surface area contributed by atoms with E-state index in [1.165, 1.54) is 23.0 Å². The number of rotatable bonds is 8. The Bertz CT molecular complexity index is 2180. The molecule has 8 nitrogen and oxygen atoms in total. The van der Waals surface area contributed by atoms with Crippen molar-refractivity contribution in [3.8, 4) is 0 Å². The molecule has 1 amide bonds. The number of benzene rings is 2. The Labute approximate surface area is 259 Å². The molecular weight excluding hydrogens is 621 g/mol. The van der Waals surface area contributed by atoms with Gasteiger partial charge in [-0.25, -0.2) is 22.5 Å². The Morgan fingerprint density at radius 1 is 1.18 bits per heavy atom. The number of carbonyl (C=O) groups excluding carboxylic acids is 2. The zero-order valence-corrected chi connectivity index (χ0v) is 26.9. The van der Waals surface area contributed by atoms with Gasteiger partial charge in [-0.1, -0.05) is 67.7 Å². The summed E-state index contributed by atoms with van der Waals surface area (Å²) >= 11 is 6.63. The van der Waals surface area contributed by atoms with Gasteiger partial charge in [0.1, 0.15) is 22.2 Å². The third-order valence-electron chi connectivity index (χ3n) is 7.65. The number of halogens is 2. The molecule has 2 aromatic carbocycles. The van der Waals surface area contributed by atoms with E-state index >= 15 is 4.39 Å². The van der Waals surface area contributed by atoms with Gasteiger partial charge < -0.3 is 8.98 Å². The maximum absolute atomic E-state index is 15.5. The van der Waals surface area contributed by atoms with E-state index in [2.05, 4.69) is 9.71 Å². The lowest BCUT2D eigenvalue weighted by Gasteiger charge is -2.17. The topological polar surface area (TPSA) is 111 Å². The second kappa shape index (κ2) is 11.1. The highest BCUT2D eigenvalue weighted by Gasteiger charge is 2.33. The Hall–Kier alpha value is -4.06. The fourth-order valence-corrected chi connectivity index (χ4v) is 9.64. The largest absolute Gasteiger partial charge is 0.463 e. The quantitative estimate of drug-likeness (QED) is 0.142. The summed E-state index contributed by atoms with van der Waals surface area (Å²) in [7, 11) is -5.82. The first kappa shape index (κ1) is 30.0. The molecule has 3 aromatic heterocycles. The van der Waals surface area contributed by atoms with Crippen LogP contribution in [0.3, 0.4) is 0 Å². The monoisotopic (exact) mass is 649 g/mol. The molecule has 0 atom stereocenters. The lowest BCUT2D eigenvalue weighted by atomic mass is 9.93. The van der Waals surface area contributed by atoms with Crippen LogP contribution in [0.4, 0.5) is 4.39 Å². The summed E-state index contributed by atoms with van der Waals surface area (Å²) < 4.78 is 51.4. The van der Waals surface area contributed by atoms with Crippen LogP contribution < -0.4 is 4.72 Å². The lowest BCUT2D eigenvalue weighted by Crippen LogP contribution is -2.36. The first-order chi connectivity index (χ1) is 20.8. The van der Waals surface area contributed by atoms with E-state index in [0.29, 0.717) is 22.5 Å². The lowest BCUT2D eigenvalue weighted by molar-refractivity contribution is -0.113. The average Bonchev–Trinajstić information content (AvgIpc) is 3.56. The molecule has 0 saturated carbocycles. The molecule has 0 fully saturated rings. The number of Topliss-reactive ketones (excluding diaryl/α,β-unsaturated/α-hetero) is 1. The summed E-state index contributed by atoms with van der Waals surface area (Å²) in [6.07, 6.45) is 6.37. The van der Waals surface area contributed by atoms with Gasteiger partial charge >= 0.3 is 0 Å². The number of para-hydroxylation sites is 1. The molecule has 6 rings (SSSR count). The van der Waals surface area contributed by atoms with Crippen LogP contribution in [-0.4, -0.2) is 43.5 Å². The number of nitrogens with zero attached hydrogens (tertiary/aromatic N) is 2. The van der Waals surface area contributed by atoms with Crippen LogP contribution in [0, 0.1) is 5.82 Å². The van der Waals surface area contributed by atoms with Crippen molar-refractivity contribution < 1.29 is 26.8 Å². The summed E-state index contributed by atoms with van der Waals surface area (Å²) in [5.41, 5.74) is 1.77. The number of pyridine rings is 1. The van der Waals surface area contributed by atoms with Crippen LogP contribution in [-0.2, 0) is 21.4 Å². The number of nitrogens with one attached hydrogen (secondary N) is 1. The van der Waals surface area contributed by atoms with Crippen molar-refractivity contribution in [3.05, 3.63) is 94.7 Å². The van der Waals surface area contributed by atoms with Crippen LogP contribution in [0.15, 0.2) is 71.4 Å². The standard InChI is InChI=1S/C32H29ClFN3O5SSi/c1-44(2,3)15-14-43(40,41)36-32(39)29-27(22-9-5-7-11-26(22)38)28-25(17-23(34)21-12-13-42-30(21)28)37(29)18-20-16-19-8-4-6-10-24(19)35-31(20)33/h4-10,12-13,16-17H,11,14-15,18H2,1-3H3,(H,36,39). The maximum atomic E-state index is 15.5. The van der Waals surface area contributed by atoms with Gasteiger partial charge in [0.05, 0.1) is 40.4 Å². The predicted molar refractivity (Wildman–Crippen MR) is 174 cm³/mol. The zero-order chi connectivity index (χ0) is 31.4. The Kier molecular flexibility index (Phi) is 7.59. The number of sulfonamides is 1. The summed E-state index contributed by atoms with van der Waals surface area (Å²) in [6.45, 7) is 6.05. The van der Waals surface area contributed by atoms with Crippen molar-refractivity contribution in [3.63, 3.8) is 0 Å². The van der Waals surface area contributed by atoms with Crippen LogP contribution in [0.2, 0.25) is 30.8 Å². The zero-order valence-electron chi connectivity index (χ0n) is 24.3. The first-order valence-corrected chi connectivity index (χ1v) is 19.8. The SMILES string of the molecule is C[Si](C)(C)CCS(=O)(=O)NC(=O)c1c(C2=CC=CCC2=O)c2c3occc3c(F)cc2n1Cc1cc2ccccc2nc1Cl. The van der Waals surface area contributed by atoms with E-state index in [1.807, 2.05) is 50.0 Å². The van der Waals surface area contributed by atoms with E-state index in [1.54, 1.807) is 18.2 Å². The molecule has 1 N–H and O–H groups in total. The summed E-state index contributed by atoms with van der Waals surface area (Å²) in [4.78, 5) is 32.0. The van der Waals surface area contributed by atoms with Gasteiger partial charge in [-0.3, -0.25) is 9.59 Å². The van der Waals surface area contributed by atoms with Crippen molar-refractivity contribution in [1.29, 1.82) is 0 Å². The van der Waals surface area contributed by atoms with Crippen LogP contribution in [0.1, 0.15) is 28.0 Å². The van der Waals surface area contributed by atoms with Gasteiger partial charge in [0.25, 0.3) is 5.91 Å². The normalized spacial score (nSPS) is 14.1. The molecule has 1 aliphatic rings. The molecule has 0 unspecified atom stereocenters. The summed E-state index contributed by atoms with van der Waals surface area (Å²) in [5, 5.41) is 1.43. The summed E-state index contributed by atoms with van der Waals surface area (Å²) in [6, 6.07) is 12.4. The number of allylic oxidation sites excluding steroid dienone is 4. The molecule has 0 saturated heterocycles. The van der Waals surface area contributed by atoms with Crippen molar-refractivity contribution in [2.45, 2.75) is 38.7 Å². The third kappa shape index (κ3) is 5.62. The number of furan rings is 1. The number of ketones is 1. The molecule has 44 heavy (non-hydrogen) atoms. The number of carbonyl (C=O) groups is 2. The maximum Gasteiger partial charge on any atom is 0.282 e. The number of hydrogen-bond donors (Lipinski definition) is 1. The van der Waals surface area contributed by atoms with E-state index in [0.717, 1.165) is 5.39 Å². The second-order valence-electron chi connectivity index (χ2n) is 12.1. The second-order valence-corrected chi connectivity index (χ2v) is 19.9. The van der Waals surface area contributed by atoms with E-state index in [9.17, 15) is 18.0 Å². The Morgan fingerprint density at radius 3 is 2.70 bits per heavy atom. The highest BCUT2D eigenvalue weighted by atomic mass is 35.5. The number of aromatic nitrogens is 2. The molecule has 5 aromatic rings. The fraction of sp³-hybridized carbons (Fsp3) is 0.219. The van der Waals surface area contributed by atoms with Gasteiger partial charge in [-0.05, 0) is 30.3 Å². The van der Waals surface area contributed by atoms with Crippen LogP contribution >= 0.6 is 11.6 Å². The van der Waals surface area contributed by atoms with Crippen molar-refractivity contribution in [2.75, 3.05) is 5.75 Å². The highest BCUT2D eigenvalue weighted by Crippen LogP contribution is 2.40. The molecule has 3 heterocycles. The summed E-state index contributed by atoms with van der Waals surface area (Å²) in [5.74, 6) is -2.06. The van der Waals surface area contributed by atoms with Crippen LogP contribution in [0.5, 0.6) is 0 Å². The van der Waals surface area contributed by atoms with Gasteiger partial charge in [-0.15, -0.1) is 0 Å². The van der Waals surface area contributed by atoms with Crippen molar-refractivity contribution >= 4 is 79.7 Å². The molecule has 0 bridgehead atoms. The smallest absolute Gasteiger partial charge is 0.282 e. The minimum atomic E-state index is -4.06.